The summed E-state index contributed by atoms with van der Waals surface area (Å²) in [6.07, 6.45) is 0.820. The molecule has 1 amide bonds. The van der Waals surface area contributed by atoms with E-state index in [4.69, 9.17) is 27.6 Å². The maximum atomic E-state index is 13.0. The summed E-state index contributed by atoms with van der Waals surface area (Å²) in [6.45, 7) is 4.74. The summed E-state index contributed by atoms with van der Waals surface area (Å²) < 4.78 is 5.77. The zero-order valence-corrected chi connectivity index (χ0v) is 18.5. The first kappa shape index (κ1) is 21.7. The Kier molecular flexibility index (Phi) is 7.58. The van der Waals surface area contributed by atoms with Gasteiger partial charge >= 0.3 is 0 Å². The van der Waals surface area contributed by atoms with E-state index in [0.717, 1.165) is 11.3 Å². The van der Waals surface area contributed by atoms with Crippen molar-refractivity contribution in [2.24, 2.45) is 0 Å². The molecular formula is C21H21Cl2N3O2S. The van der Waals surface area contributed by atoms with E-state index in [0.29, 0.717) is 33.9 Å². The summed E-state index contributed by atoms with van der Waals surface area (Å²) in [7, 11) is 0. The van der Waals surface area contributed by atoms with Crippen molar-refractivity contribution in [1.82, 2.24) is 15.1 Å². The summed E-state index contributed by atoms with van der Waals surface area (Å²) >= 11 is 13.9. The van der Waals surface area contributed by atoms with E-state index >= 15 is 0 Å². The normalized spacial score (nSPS) is 12.0. The number of benzene rings is 2. The first-order valence-electron chi connectivity index (χ1n) is 9.26. The highest BCUT2D eigenvalue weighted by Gasteiger charge is 2.24. The Morgan fingerprint density at radius 1 is 1.10 bits per heavy atom. The van der Waals surface area contributed by atoms with Crippen LogP contribution in [0.5, 0.6) is 0 Å². The van der Waals surface area contributed by atoms with Gasteiger partial charge in [-0.15, -0.1) is 22.0 Å². The Morgan fingerprint density at radius 3 is 2.48 bits per heavy atom. The summed E-state index contributed by atoms with van der Waals surface area (Å²) in [4.78, 5) is 15.6. The third-order valence-corrected chi connectivity index (χ3v) is 6.13. The monoisotopic (exact) mass is 449 g/mol. The highest BCUT2D eigenvalue weighted by molar-refractivity contribution is 8.00. The molecule has 0 N–H and O–H groups in total. The average Bonchev–Trinajstić information content (AvgIpc) is 3.17. The van der Waals surface area contributed by atoms with Crippen LogP contribution in [0.1, 0.15) is 26.2 Å². The third-order valence-electron chi connectivity index (χ3n) is 4.19. The molecule has 0 spiro atoms. The summed E-state index contributed by atoms with van der Waals surface area (Å²) in [6, 6.07) is 14.8. The number of nitrogens with zero attached hydrogens (tertiary/aromatic N) is 3. The van der Waals surface area contributed by atoms with Crippen molar-refractivity contribution in [3.05, 3.63) is 64.5 Å². The van der Waals surface area contributed by atoms with Crippen LogP contribution in [0, 0.1) is 0 Å². The fourth-order valence-electron chi connectivity index (χ4n) is 2.80. The zero-order valence-electron chi connectivity index (χ0n) is 16.1. The van der Waals surface area contributed by atoms with Gasteiger partial charge in [-0.05, 0) is 37.6 Å². The molecular weight excluding hydrogens is 429 g/mol. The predicted octanol–water partition coefficient (Wildman–Crippen LogP) is 5.96. The standard InChI is InChI=1S/C21H21Cl2N3O2S/c1-3-12-26(21(27)14(2)29-18-11-7-6-10-17(18)23)13-19-24-25-20(28-19)15-8-4-5-9-16(15)22/h4-11,14H,3,12-13H2,1-2H3. The molecule has 0 aliphatic carbocycles. The maximum Gasteiger partial charge on any atom is 0.249 e. The number of rotatable bonds is 8. The number of carbonyl (C=O) groups excluding carboxylic acids is 1. The van der Waals surface area contributed by atoms with Crippen LogP contribution < -0.4 is 0 Å². The topological polar surface area (TPSA) is 59.2 Å². The van der Waals surface area contributed by atoms with Crippen molar-refractivity contribution in [3.8, 4) is 11.5 Å². The van der Waals surface area contributed by atoms with Gasteiger partial charge in [-0.1, -0.05) is 54.4 Å². The molecule has 8 heteroatoms. The second kappa shape index (κ2) is 10.1. The number of hydrogen-bond acceptors (Lipinski definition) is 5. The van der Waals surface area contributed by atoms with Gasteiger partial charge in [-0.3, -0.25) is 4.79 Å². The molecule has 1 atom stereocenters. The maximum absolute atomic E-state index is 13.0. The second-order valence-corrected chi connectivity index (χ2v) is 8.63. The average molecular weight is 450 g/mol. The van der Waals surface area contributed by atoms with Gasteiger partial charge in [0.2, 0.25) is 17.7 Å². The van der Waals surface area contributed by atoms with Gasteiger partial charge in [0.15, 0.2) is 0 Å². The second-order valence-electron chi connectivity index (χ2n) is 6.43. The van der Waals surface area contributed by atoms with Crippen LogP contribution in [-0.2, 0) is 11.3 Å². The van der Waals surface area contributed by atoms with E-state index in [1.807, 2.05) is 56.3 Å². The quantitative estimate of drug-likeness (QED) is 0.396. The van der Waals surface area contributed by atoms with Gasteiger partial charge in [0.1, 0.15) is 0 Å². The highest BCUT2D eigenvalue weighted by atomic mass is 35.5. The third kappa shape index (κ3) is 5.53. The molecule has 152 valence electrons. The van der Waals surface area contributed by atoms with Crippen LogP contribution >= 0.6 is 35.0 Å². The molecule has 0 saturated heterocycles. The smallest absolute Gasteiger partial charge is 0.249 e. The molecule has 3 aromatic rings. The van der Waals surface area contributed by atoms with Crippen LogP contribution in [0.4, 0.5) is 0 Å². The largest absolute Gasteiger partial charge is 0.419 e. The van der Waals surface area contributed by atoms with Crippen LogP contribution in [0.3, 0.4) is 0 Å². The van der Waals surface area contributed by atoms with Crippen molar-refractivity contribution in [2.45, 2.75) is 37.0 Å². The van der Waals surface area contributed by atoms with Crippen molar-refractivity contribution in [2.75, 3.05) is 6.54 Å². The Balaban J connectivity index is 1.72. The lowest BCUT2D eigenvalue weighted by Gasteiger charge is -2.24. The first-order valence-corrected chi connectivity index (χ1v) is 10.9. The van der Waals surface area contributed by atoms with E-state index < -0.39 is 0 Å². The SMILES string of the molecule is CCCN(Cc1nnc(-c2ccccc2Cl)o1)C(=O)C(C)Sc1ccccc1Cl. The van der Waals surface area contributed by atoms with Crippen molar-refractivity contribution in [3.63, 3.8) is 0 Å². The molecule has 29 heavy (non-hydrogen) atoms. The van der Waals surface area contributed by atoms with Gasteiger partial charge in [0.25, 0.3) is 0 Å². The van der Waals surface area contributed by atoms with E-state index in [1.54, 1.807) is 11.0 Å². The fourth-order valence-corrected chi connectivity index (χ4v) is 4.25. The predicted molar refractivity (Wildman–Crippen MR) is 117 cm³/mol. The Labute approximate surface area is 184 Å². The van der Waals surface area contributed by atoms with Crippen LogP contribution in [0.15, 0.2) is 57.8 Å². The van der Waals surface area contributed by atoms with Crippen LogP contribution in [0.25, 0.3) is 11.5 Å². The van der Waals surface area contributed by atoms with Gasteiger partial charge in [0, 0.05) is 11.4 Å². The molecule has 0 radical (unpaired) electrons. The number of carbonyl (C=O) groups is 1. The van der Waals surface area contributed by atoms with Crippen molar-refractivity contribution < 1.29 is 9.21 Å². The van der Waals surface area contributed by atoms with Crippen molar-refractivity contribution in [1.29, 1.82) is 0 Å². The minimum Gasteiger partial charge on any atom is -0.419 e. The summed E-state index contributed by atoms with van der Waals surface area (Å²) in [5.41, 5.74) is 0.670. The van der Waals surface area contributed by atoms with E-state index in [-0.39, 0.29) is 17.7 Å². The summed E-state index contributed by atoms with van der Waals surface area (Å²) in [5.74, 6) is 0.707. The van der Waals surface area contributed by atoms with Gasteiger partial charge in [0.05, 0.1) is 27.4 Å². The molecule has 0 aliphatic heterocycles. The molecule has 0 aliphatic rings. The Morgan fingerprint density at radius 2 is 1.79 bits per heavy atom. The number of hydrogen-bond donors (Lipinski definition) is 0. The minimum absolute atomic E-state index is 0.00531. The lowest BCUT2D eigenvalue weighted by atomic mass is 10.2. The molecule has 0 bridgehead atoms. The number of thioether (sulfide) groups is 1. The zero-order chi connectivity index (χ0) is 20.8. The van der Waals surface area contributed by atoms with E-state index in [1.165, 1.54) is 11.8 Å². The van der Waals surface area contributed by atoms with Gasteiger partial charge in [-0.25, -0.2) is 0 Å². The molecule has 2 aromatic carbocycles. The van der Waals surface area contributed by atoms with E-state index in [2.05, 4.69) is 10.2 Å². The van der Waals surface area contributed by atoms with Crippen LogP contribution in [-0.4, -0.2) is 32.8 Å². The molecule has 1 aromatic heterocycles. The fraction of sp³-hybridized carbons (Fsp3) is 0.286. The first-order chi connectivity index (χ1) is 14.0. The Bertz CT molecular complexity index is 980. The lowest BCUT2D eigenvalue weighted by Crippen LogP contribution is -2.36. The lowest BCUT2D eigenvalue weighted by molar-refractivity contribution is -0.131. The molecule has 5 nitrogen and oxygen atoms in total. The number of halogens is 2. The number of amides is 1. The molecule has 1 unspecified atom stereocenters. The van der Waals surface area contributed by atoms with Gasteiger partial charge < -0.3 is 9.32 Å². The molecule has 3 rings (SSSR count). The number of aromatic nitrogens is 2. The van der Waals surface area contributed by atoms with E-state index in [9.17, 15) is 4.79 Å². The molecule has 0 saturated carbocycles. The minimum atomic E-state index is -0.299. The van der Waals surface area contributed by atoms with Gasteiger partial charge in [-0.2, -0.15) is 0 Å². The Hall–Kier alpha value is -2.02. The summed E-state index contributed by atoms with van der Waals surface area (Å²) in [5, 5.41) is 9.06. The molecule has 1 heterocycles. The van der Waals surface area contributed by atoms with Crippen molar-refractivity contribution >= 4 is 40.9 Å². The molecule has 0 fully saturated rings. The highest BCUT2D eigenvalue weighted by Crippen LogP contribution is 2.31. The van der Waals surface area contributed by atoms with Crippen LogP contribution in [0.2, 0.25) is 10.0 Å².